The number of carbonyl (C=O) groups is 2. The summed E-state index contributed by atoms with van der Waals surface area (Å²) in [6, 6.07) is 2.93. The maximum absolute atomic E-state index is 13.5. The third-order valence-corrected chi connectivity index (χ3v) is 5.08. The highest BCUT2D eigenvalue weighted by atomic mass is 19.1. The topological polar surface area (TPSA) is 174 Å². The first-order valence-corrected chi connectivity index (χ1v) is 9.45. The van der Waals surface area contributed by atoms with Crippen LogP contribution in [-0.4, -0.2) is 39.4 Å². The van der Waals surface area contributed by atoms with Crippen LogP contribution in [0.25, 0.3) is 5.76 Å². The standard InChI is InChI=1S/C20H23FN4O6/c1-9(2)11-5-10(12(26)6-13(11)27)3-4-14-16(17(18(22)28)24-30-14)15-7-20(8-21,19(23)29)25-31-15/h5-7,9,25-27H,3-4,8H2,1-2H3,(H2,22,28)(H2,23,29). The van der Waals surface area contributed by atoms with Gasteiger partial charge in [0.25, 0.3) is 5.91 Å². The van der Waals surface area contributed by atoms with Crippen LogP contribution in [0.4, 0.5) is 4.39 Å². The van der Waals surface area contributed by atoms with Gasteiger partial charge in [0.1, 0.15) is 23.9 Å². The van der Waals surface area contributed by atoms with Gasteiger partial charge in [0.2, 0.25) is 5.91 Å². The quantitative estimate of drug-likeness (QED) is 0.411. The number of nitrogens with two attached hydrogens (primary N) is 2. The lowest BCUT2D eigenvalue weighted by molar-refractivity contribution is -0.125. The molecule has 166 valence electrons. The number of rotatable bonds is 8. The van der Waals surface area contributed by atoms with Gasteiger partial charge in [-0.05, 0) is 35.6 Å². The minimum Gasteiger partial charge on any atom is -0.508 e. The lowest BCUT2D eigenvalue weighted by Gasteiger charge is -2.16. The molecule has 11 heteroatoms. The van der Waals surface area contributed by atoms with Gasteiger partial charge in [-0.3, -0.25) is 9.59 Å². The molecule has 7 N–H and O–H groups in total. The van der Waals surface area contributed by atoms with E-state index in [2.05, 4.69) is 10.6 Å². The number of aryl methyl sites for hydroxylation is 2. The van der Waals surface area contributed by atoms with Crippen LogP contribution in [0.1, 0.15) is 52.7 Å². The number of alkyl halides is 1. The van der Waals surface area contributed by atoms with Crippen molar-refractivity contribution in [1.29, 1.82) is 0 Å². The number of halogens is 1. The van der Waals surface area contributed by atoms with E-state index >= 15 is 0 Å². The normalized spacial score (nSPS) is 18.1. The maximum atomic E-state index is 13.5. The molecule has 0 fully saturated rings. The van der Waals surface area contributed by atoms with Crippen molar-refractivity contribution >= 4 is 17.6 Å². The number of aromatic nitrogens is 1. The Morgan fingerprint density at radius 1 is 1.23 bits per heavy atom. The van der Waals surface area contributed by atoms with Gasteiger partial charge in [-0.2, -0.15) is 0 Å². The minimum atomic E-state index is -1.90. The van der Waals surface area contributed by atoms with Crippen molar-refractivity contribution in [3.05, 3.63) is 46.4 Å². The Kier molecular flexibility index (Phi) is 5.89. The summed E-state index contributed by atoms with van der Waals surface area (Å²) in [5.74, 6) is -1.95. The van der Waals surface area contributed by atoms with Crippen molar-refractivity contribution in [3.63, 3.8) is 0 Å². The summed E-state index contributed by atoms with van der Waals surface area (Å²) >= 11 is 0. The molecular formula is C20H23FN4O6. The second-order valence-corrected chi connectivity index (χ2v) is 7.57. The molecule has 0 aliphatic carbocycles. The van der Waals surface area contributed by atoms with Gasteiger partial charge in [-0.15, -0.1) is 5.48 Å². The van der Waals surface area contributed by atoms with E-state index < -0.39 is 24.0 Å². The first-order chi connectivity index (χ1) is 14.6. The largest absolute Gasteiger partial charge is 0.508 e. The molecule has 2 heterocycles. The van der Waals surface area contributed by atoms with Crippen LogP contribution in [0.15, 0.2) is 22.7 Å². The summed E-state index contributed by atoms with van der Waals surface area (Å²) in [7, 11) is 0. The van der Waals surface area contributed by atoms with Crippen LogP contribution in [-0.2, 0) is 22.5 Å². The summed E-state index contributed by atoms with van der Waals surface area (Å²) in [5.41, 5.74) is 11.9. The smallest absolute Gasteiger partial charge is 0.271 e. The molecule has 1 aliphatic heterocycles. The zero-order chi connectivity index (χ0) is 22.9. The summed E-state index contributed by atoms with van der Waals surface area (Å²) < 4.78 is 18.7. The van der Waals surface area contributed by atoms with E-state index in [-0.39, 0.29) is 53.0 Å². The van der Waals surface area contributed by atoms with Crippen LogP contribution < -0.4 is 16.9 Å². The van der Waals surface area contributed by atoms with Gasteiger partial charge in [-0.25, -0.2) is 4.39 Å². The molecule has 0 bridgehead atoms. The first-order valence-electron chi connectivity index (χ1n) is 9.45. The zero-order valence-corrected chi connectivity index (χ0v) is 16.9. The molecule has 10 nitrogen and oxygen atoms in total. The second-order valence-electron chi connectivity index (χ2n) is 7.57. The van der Waals surface area contributed by atoms with Crippen molar-refractivity contribution in [3.8, 4) is 11.5 Å². The predicted molar refractivity (Wildman–Crippen MR) is 106 cm³/mol. The van der Waals surface area contributed by atoms with Crippen molar-refractivity contribution < 1.29 is 33.6 Å². The fourth-order valence-electron chi connectivity index (χ4n) is 3.27. The average Bonchev–Trinajstić information content (AvgIpc) is 3.31. The first kappa shape index (κ1) is 22.1. The lowest BCUT2D eigenvalue weighted by Crippen LogP contribution is -2.52. The molecule has 31 heavy (non-hydrogen) atoms. The number of phenolic OH excluding ortho intramolecular Hbond substituents is 2. The molecule has 1 atom stereocenters. The molecule has 0 spiro atoms. The molecule has 0 saturated carbocycles. The van der Waals surface area contributed by atoms with Crippen LogP contribution in [0.5, 0.6) is 11.5 Å². The molecule has 1 aliphatic rings. The van der Waals surface area contributed by atoms with Crippen LogP contribution in [0.3, 0.4) is 0 Å². The highest BCUT2D eigenvalue weighted by Crippen LogP contribution is 2.35. The van der Waals surface area contributed by atoms with Gasteiger partial charge in [-0.1, -0.05) is 19.0 Å². The molecule has 3 rings (SSSR count). The number of hydrogen-bond donors (Lipinski definition) is 5. The summed E-state index contributed by atoms with van der Waals surface area (Å²) in [5, 5.41) is 23.9. The highest BCUT2D eigenvalue weighted by Gasteiger charge is 2.43. The number of primary amides is 2. The minimum absolute atomic E-state index is 0.0165. The van der Waals surface area contributed by atoms with E-state index in [9.17, 15) is 24.2 Å². The number of carbonyl (C=O) groups excluding carboxylic acids is 2. The van der Waals surface area contributed by atoms with Crippen LogP contribution in [0.2, 0.25) is 0 Å². The molecule has 0 saturated heterocycles. The van der Waals surface area contributed by atoms with Gasteiger partial charge >= 0.3 is 0 Å². The Balaban J connectivity index is 1.96. The van der Waals surface area contributed by atoms with Crippen molar-refractivity contribution in [2.24, 2.45) is 11.5 Å². The van der Waals surface area contributed by atoms with E-state index in [0.29, 0.717) is 11.1 Å². The number of hydroxylamine groups is 1. The number of benzene rings is 1. The molecule has 0 radical (unpaired) electrons. The lowest BCUT2D eigenvalue weighted by atomic mass is 9.95. The van der Waals surface area contributed by atoms with Crippen LogP contribution >= 0.6 is 0 Å². The number of nitrogens with one attached hydrogen (secondary N) is 1. The maximum Gasteiger partial charge on any atom is 0.271 e. The Labute approximate surface area is 176 Å². The molecule has 1 unspecified atom stereocenters. The molecular weight excluding hydrogens is 411 g/mol. The Hall–Kier alpha value is -3.60. The fraction of sp³-hybridized carbons (Fsp3) is 0.350. The van der Waals surface area contributed by atoms with Gasteiger partial charge < -0.3 is 31.0 Å². The second kappa shape index (κ2) is 8.26. The molecule has 1 aromatic heterocycles. The van der Waals surface area contributed by atoms with E-state index in [4.69, 9.17) is 20.8 Å². The third-order valence-electron chi connectivity index (χ3n) is 5.08. The van der Waals surface area contributed by atoms with E-state index in [1.165, 1.54) is 6.07 Å². The number of aromatic hydroxyl groups is 2. The zero-order valence-electron chi connectivity index (χ0n) is 16.9. The molecule has 1 aromatic carbocycles. The monoisotopic (exact) mass is 434 g/mol. The number of phenols is 2. The van der Waals surface area contributed by atoms with Gasteiger partial charge in [0.05, 0.1) is 5.56 Å². The molecule has 2 amide bonds. The fourth-order valence-corrected chi connectivity index (χ4v) is 3.27. The van der Waals surface area contributed by atoms with E-state index in [0.717, 1.165) is 6.08 Å². The average molecular weight is 434 g/mol. The van der Waals surface area contributed by atoms with Crippen molar-refractivity contribution in [1.82, 2.24) is 10.6 Å². The Bertz CT molecular complexity index is 1060. The predicted octanol–water partition coefficient (Wildman–Crippen LogP) is 1.16. The van der Waals surface area contributed by atoms with Crippen molar-refractivity contribution in [2.45, 2.75) is 38.1 Å². The van der Waals surface area contributed by atoms with Gasteiger partial charge in [0, 0.05) is 12.5 Å². The van der Waals surface area contributed by atoms with Gasteiger partial charge in [0.15, 0.2) is 17.0 Å². The van der Waals surface area contributed by atoms with Crippen molar-refractivity contribution in [2.75, 3.05) is 6.67 Å². The summed E-state index contributed by atoms with van der Waals surface area (Å²) in [4.78, 5) is 28.7. The number of amides is 2. The van der Waals surface area contributed by atoms with E-state index in [1.807, 2.05) is 13.8 Å². The Morgan fingerprint density at radius 2 is 1.94 bits per heavy atom. The SMILES string of the molecule is CC(C)c1cc(CCc2onc(C(N)=O)c2C2=CC(CF)(C(N)=O)NO2)c(O)cc1O. The Morgan fingerprint density at radius 3 is 2.48 bits per heavy atom. The third kappa shape index (κ3) is 4.04. The summed E-state index contributed by atoms with van der Waals surface area (Å²) in [6.07, 6.45) is 1.50. The van der Waals surface area contributed by atoms with Crippen LogP contribution in [0, 0.1) is 0 Å². The number of hydrogen-bond acceptors (Lipinski definition) is 8. The van der Waals surface area contributed by atoms with E-state index in [1.54, 1.807) is 6.07 Å². The highest BCUT2D eigenvalue weighted by molar-refractivity contribution is 5.97. The summed E-state index contributed by atoms with van der Waals surface area (Å²) in [6.45, 7) is 2.62. The number of nitrogens with zero attached hydrogens (tertiary/aromatic N) is 1. The molecule has 2 aromatic rings.